The molecule has 2 aromatic heterocycles. The smallest absolute Gasteiger partial charge is 0.308 e. The van der Waals surface area contributed by atoms with Crippen LogP contribution >= 0.6 is 11.3 Å². The molecule has 0 aliphatic rings. The Morgan fingerprint density at radius 1 is 0.917 bits per heavy atom. The molecule has 0 aliphatic heterocycles. The van der Waals surface area contributed by atoms with E-state index >= 15 is 0 Å². The van der Waals surface area contributed by atoms with Crippen LogP contribution in [0.1, 0.15) is 96.3 Å². The highest BCUT2D eigenvalue weighted by Gasteiger charge is 2.18. The van der Waals surface area contributed by atoms with E-state index < -0.39 is 0 Å². The van der Waals surface area contributed by atoms with Crippen LogP contribution < -0.4 is 4.74 Å². The van der Waals surface area contributed by atoms with Crippen molar-refractivity contribution in [3.05, 3.63) is 46.5 Å². The quantitative estimate of drug-likeness (QED) is 0.300. The first-order chi connectivity index (χ1) is 14.5. The molecule has 0 amide bonds. The maximum atomic E-state index is 10.9. The van der Waals surface area contributed by atoms with E-state index in [2.05, 4.69) is 9.97 Å². The third-order valence-electron chi connectivity index (χ3n) is 3.89. The molecule has 6 nitrogen and oxygen atoms in total. The van der Waals surface area contributed by atoms with Gasteiger partial charge in [-0.1, -0.05) is 63.1 Å². The van der Waals surface area contributed by atoms with Crippen LogP contribution in [0.25, 0.3) is 11.0 Å². The highest BCUT2D eigenvalue weighted by atomic mass is 32.1. The molecular formula is C29H53N3O3S. The third kappa shape index (κ3) is 14.1. The van der Waals surface area contributed by atoms with Crippen molar-refractivity contribution >= 4 is 28.3 Å². The predicted octanol–water partition coefficient (Wildman–Crippen LogP) is 8.82. The number of nitrogens with zero attached hydrogens (tertiary/aromatic N) is 3. The molecule has 0 spiro atoms. The molecule has 0 saturated heterocycles. The lowest BCUT2D eigenvalue weighted by molar-refractivity contribution is -0.158. The maximum Gasteiger partial charge on any atom is 0.308 e. The van der Waals surface area contributed by atoms with Gasteiger partial charge in [0.1, 0.15) is 11.3 Å². The number of aromatic nitrogens is 3. The van der Waals surface area contributed by atoms with E-state index in [-0.39, 0.29) is 60.7 Å². The van der Waals surface area contributed by atoms with E-state index in [4.69, 9.17) is 14.5 Å². The number of carbonyl (C=O) groups is 1. The Bertz CT molecular complexity index is 966. The molecule has 0 unspecified atom stereocenters. The molecule has 7 heteroatoms. The number of rotatable bonds is 6. The normalized spacial score (nSPS) is 9.81. The Kier molecular flexibility index (Phi) is 21.1. The van der Waals surface area contributed by atoms with Crippen molar-refractivity contribution in [3.63, 3.8) is 0 Å². The molecule has 36 heavy (non-hydrogen) atoms. The number of benzene rings is 1. The summed E-state index contributed by atoms with van der Waals surface area (Å²) in [7, 11) is 0. The molecule has 2 heterocycles. The van der Waals surface area contributed by atoms with Crippen LogP contribution in [0, 0.1) is 5.92 Å². The Morgan fingerprint density at radius 3 is 1.89 bits per heavy atom. The summed E-state index contributed by atoms with van der Waals surface area (Å²) in [5.41, 5.74) is 2.33. The number of fused-ring (bicyclic) bond motifs is 1. The lowest BCUT2D eigenvalue weighted by atomic mass is 10.1. The lowest BCUT2D eigenvalue weighted by Crippen LogP contribution is -2.26. The van der Waals surface area contributed by atoms with Gasteiger partial charge in [-0.25, -0.2) is 15.0 Å². The molecule has 0 atom stereocenters. The van der Waals surface area contributed by atoms with Crippen molar-refractivity contribution in [1.29, 1.82) is 0 Å². The van der Waals surface area contributed by atoms with Gasteiger partial charge in [-0.15, -0.1) is 11.3 Å². The van der Waals surface area contributed by atoms with E-state index in [1.165, 1.54) is 0 Å². The average Bonchev–Trinajstić information content (AvgIpc) is 3.18. The summed E-state index contributed by atoms with van der Waals surface area (Å²) in [5, 5.41) is 3.10. The average molecular weight is 524 g/mol. The van der Waals surface area contributed by atoms with Gasteiger partial charge in [-0.2, -0.15) is 0 Å². The fourth-order valence-corrected chi connectivity index (χ4v) is 3.14. The van der Waals surface area contributed by atoms with Crippen LogP contribution in [0.5, 0.6) is 5.88 Å². The van der Waals surface area contributed by atoms with E-state index in [0.29, 0.717) is 5.88 Å². The molecule has 3 rings (SSSR count). The van der Waals surface area contributed by atoms with Gasteiger partial charge in [-0.3, -0.25) is 4.79 Å². The third-order valence-corrected chi connectivity index (χ3v) is 4.73. The minimum absolute atomic E-state index is 0. The molecule has 0 N–H and O–H groups in total. The van der Waals surface area contributed by atoms with Gasteiger partial charge in [0, 0.05) is 24.4 Å². The largest absolute Gasteiger partial charge is 0.474 e. The van der Waals surface area contributed by atoms with E-state index in [1.807, 2.05) is 84.3 Å². The van der Waals surface area contributed by atoms with Crippen molar-refractivity contribution in [3.8, 4) is 5.88 Å². The number of esters is 1. The molecule has 0 saturated carbocycles. The standard InChI is InChI=1S/C16H17N3OS.C8H16O2.5CH4/c1-11(2)20-16-14(7-8-15-17-9-10-21-15)18-12-5-3-4-6-13(12)19-16;1-6(2)7(9)10-8(3,4)5;;;;;/h3-6,9-11H,7-8H2,1-2H3;6H,1-5H3;5*1H4. The Hall–Kier alpha value is -2.54. The van der Waals surface area contributed by atoms with E-state index in [0.717, 1.165) is 34.6 Å². The first-order valence-corrected chi connectivity index (χ1v) is 11.5. The van der Waals surface area contributed by atoms with Gasteiger partial charge in [0.25, 0.3) is 0 Å². The minimum Gasteiger partial charge on any atom is -0.474 e. The molecule has 208 valence electrons. The summed E-state index contributed by atoms with van der Waals surface area (Å²) in [6, 6.07) is 7.88. The summed E-state index contributed by atoms with van der Waals surface area (Å²) in [6.07, 6.45) is 3.56. The van der Waals surface area contributed by atoms with Gasteiger partial charge in [0.2, 0.25) is 5.88 Å². The highest BCUT2D eigenvalue weighted by Crippen LogP contribution is 2.22. The number of hydrogen-bond donors (Lipinski definition) is 0. The summed E-state index contributed by atoms with van der Waals surface area (Å²) < 4.78 is 10.9. The minimum atomic E-state index is -0.346. The van der Waals surface area contributed by atoms with Gasteiger partial charge in [-0.05, 0) is 46.8 Å². The lowest BCUT2D eigenvalue weighted by Gasteiger charge is -2.20. The first kappa shape index (κ1) is 40.6. The first-order valence-electron chi connectivity index (χ1n) is 10.6. The number of hydrogen-bond acceptors (Lipinski definition) is 7. The van der Waals surface area contributed by atoms with Crippen molar-refractivity contribution in [1.82, 2.24) is 15.0 Å². The second-order valence-electron chi connectivity index (χ2n) is 8.74. The Labute approximate surface area is 225 Å². The molecule has 1 aromatic carbocycles. The van der Waals surface area contributed by atoms with E-state index in [9.17, 15) is 4.79 Å². The van der Waals surface area contributed by atoms with Crippen molar-refractivity contribution in [2.75, 3.05) is 0 Å². The van der Waals surface area contributed by atoms with Crippen LogP contribution in [-0.4, -0.2) is 32.6 Å². The Balaban J connectivity index is -0.000000301. The van der Waals surface area contributed by atoms with Crippen LogP contribution in [0.4, 0.5) is 0 Å². The monoisotopic (exact) mass is 523 g/mol. The number of aryl methyl sites for hydroxylation is 2. The maximum absolute atomic E-state index is 10.9. The molecule has 0 bridgehead atoms. The highest BCUT2D eigenvalue weighted by molar-refractivity contribution is 7.09. The van der Waals surface area contributed by atoms with E-state index in [1.54, 1.807) is 11.3 Å². The van der Waals surface area contributed by atoms with Gasteiger partial charge in [0.05, 0.1) is 28.1 Å². The van der Waals surface area contributed by atoms with Crippen LogP contribution in [-0.2, 0) is 22.4 Å². The molecule has 0 radical (unpaired) electrons. The zero-order valence-electron chi connectivity index (χ0n) is 19.5. The summed E-state index contributed by atoms with van der Waals surface area (Å²) in [4.78, 5) is 24.6. The molecule has 0 aliphatic carbocycles. The van der Waals surface area contributed by atoms with Gasteiger partial charge in [0.15, 0.2) is 0 Å². The second kappa shape index (κ2) is 18.7. The SMILES string of the molecule is C.C.C.C.C.CC(C)C(=O)OC(C)(C)C.CC(C)Oc1nc2ccccc2nc1CCc1nccs1. The number of para-hydroxylation sites is 2. The van der Waals surface area contributed by atoms with Gasteiger partial charge < -0.3 is 9.47 Å². The summed E-state index contributed by atoms with van der Waals surface area (Å²) >= 11 is 1.67. The fourth-order valence-electron chi connectivity index (χ4n) is 2.52. The fraction of sp³-hybridized carbons (Fsp3) is 0.586. The van der Waals surface area contributed by atoms with Crippen molar-refractivity contribution in [2.45, 2.75) is 110 Å². The summed E-state index contributed by atoms with van der Waals surface area (Å²) in [5.74, 6) is 0.479. The molecular weight excluding hydrogens is 470 g/mol. The molecule has 3 aromatic rings. The zero-order valence-corrected chi connectivity index (χ0v) is 20.3. The zero-order chi connectivity index (χ0) is 23.0. The van der Waals surface area contributed by atoms with Crippen LogP contribution in [0.2, 0.25) is 0 Å². The number of thiazole rings is 1. The number of carbonyl (C=O) groups excluding carboxylic acids is 1. The van der Waals surface area contributed by atoms with Crippen LogP contribution in [0.3, 0.4) is 0 Å². The van der Waals surface area contributed by atoms with Gasteiger partial charge >= 0.3 is 5.97 Å². The predicted molar refractivity (Wildman–Crippen MR) is 159 cm³/mol. The summed E-state index contributed by atoms with van der Waals surface area (Å²) in [6.45, 7) is 13.3. The van der Waals surface area contributed by atoms with Crippen molar-refractivity contribution < 1.29 is 14.3 Å². The second-order valence-corrected chi connectivity index (χ2v) is 9.72. The number of ether oxygens (including phenoxy) is 2. The molecule has 0 fully saturated rings. The topological polar surface area (TPSA) is 74.2 Å². The van der Waals surface area contributed by atoms with Crippen LogP contribution in [0.15, 0.2) is 35.8 Å². The van der Waals surface area contributed by atoms with Crippen molar-refractivity contribution in [2.24, 2.45) is 5.92 Å². The Morgan fingerprint density at radius 2 is 1.47 bits per heavy atom.